The summed E-state index contributed by atoms with van der Waals surface area (Å²) in [7, 11) is 0. The Labute approximate surface area is 121 Å². The minimum absolute atomic E-state index is 0.0971. The van der Waals surface area contributed by atoms with Gasteiger partial charge in [-0.3, -0.25) is 0 Å². The van der Waals surface area contributed by atoms with Crippen LogP contribution >= 0.6 is 0 Å². The quantitative estimate of drug-likeness (QED) is 0.397. The number of carboxylic acid groups (broad SMARTS) is 1. The fraction of sp³-hybridized carbons (Fsp3) is 0.385. The molecule has 0 spiro atoms. The van der Waals surface area contributed by atoms with E-state index in [1.54, 1.807) is 5.01 Å². The third-order valence-corrected chi connectivity index (χ3v) is 3.29. The minimum atomic E-state index is -1.06. The topological polar surface area (TPSA) is 110 Å². The van der Waals surface area contributed by atoms with Crippen molar-refractivity contribution >= 4 is 11.9 Å². The number of carbonyl (C=O) groups excluding carboxylic acids is 1. The molecular weight excluding hydrogens is 274 g/mol. The number of rotatable bonds is 4. The second-order valence-electron chi connectivity index (χ2n) is 4.67. The third-order valence-electron chi connectivity index (χ3n) is 3.29. The Balaban J connectivity index is 2.21. The largest absolute Gasteiger partial charge is 0.478 e. The highest BCUT2D eigenvalue weighted by molar-refractivity contribution is 5.95. The van der Waals surface area contributed by atoms with Crippen molar-refractivity contribution in [3.05, 3.63) is 45.8 Å². The number of azide groups is 1. The van der Waals surface area contributed by atoms with Crippen LogP contribution in [-0.2, 0) is 0 Å². The van der Waals surface area contributed by atoms with Crippen LogP contribution in [0.4, 0.5) is 0 Å². The molecule has 110 valence electrons. The van der Waals surface area contributed by atoms with Crippen molar-refractivity contribution in [1.82, 2.24) is 10.1 Å². The predicted octanol–water partition coefficient (Wildman–Crippen LogP) is 2.45. The monoisotopic (exact) mass is 289 g/mol. The van der Waals surface area contributed by atoms with Gasteiger partial charge in [0.2, 0.25) is 0 Å². The van der Waals surface area contributed by atoms with E-state index >= 15 is 0 Å². The predicted molar refractivity (Wildman–Crippen MR) is 74.1 cm³/mol. The summed E-state index contributed by atoms with van der Waals surface area (Å²) in [5.74, 6) is -1.52. The molecule has 1 aliphatic heterocycles. The molecule has 8 heteroatoms. The summed E-state index contributed by atoms with van der Waals surface area (Å²) in [5, 5.41) is 15.0. The van der Waals surface area contributed by atoms with E-state index in [0.717, 1.165) is 24.4 Å². The normalized spacial score (nSPS) is 15.0. The summed E-state index contributed by atoms with van der Waals surface area (Å²) in [6, 6.07) is 5.52. The van der Waals surface area contributed by atoms with Crippen LogP contribution < -0.4 is 0 Å². The second kappa shape index (κ2) is 6.74. The molecule has 0 atom stereocenters. The standard InChI is InChI=1S/C13H15N5O3/c14-15-16-18(17-8-2-1-3-9-17)12(19)10-4-6-11(7-5-10)13(20)21/h4-7H,1-3,8-9H2,(H,20,21). The number of hydrazine groups is 1. The molecule has 1 saturated heterocycles. The number of nitrogens with zero attached hydrogens (tertiary/aromatic N) is 5. The van der Waals surface area contributed by atoms with Crippen molar-refractivity contribution in [2.75, 3.05) is 13.1 Å². The molecule has 0 radical (unpaired) electrons. The summed E-state index contributed by atoms with van der Waals surface area (Å²) < 4.78 is 0. The van der Waals surface area contributed by atoms with Crippen LogP contribution in [-0.4, -0.2) is 40.2 Å². The number of hydrogen-bond acceptors (Lipinski definition) is 4. The van der Waals surface area contributed by atoms with Gasteiger partial charge in [-0.15, -0.1) is 10.5 Å². The first kappa shape index (κ1) is 14.8. The molecule has 1 fully saturated rings. The first-order valence-electron chi connectivity index (χ1n) is 6.61. The Morgan fingerprint density at radius 1 is 1.14 bits per heavy atom. The maximum absolute atomic E-state index is 12.4. The highest BCUT2D eigenvalue weighted by Crippen LogP contribution is 2.16. The lowest BCUT2D eigenvalue weighted by Crippen LogP contribution is -2.45. The summed E-state index contributed by atoms with van der Waals surface area (Å²) in [4.78, 5) is 25.9. The van der Waals surface area contributed by atoms with Gasteiger partial charge in [0, 0.05) is 18.3 Å². The molecular formula is C13H15N5O3. The van der Waals surface area contributed by atoms with Gasteiger partial charge in [0.25, 0.3) is 0 Å². The molecule has 1 amide bonds. The van der Waals surface area contributed by atoms with E-state index in [1.165, 1.54) is 24.3 Å². The Morgan fingerprint density at radius 2 is 1.71 bits per heavy atom. The second-order valence-corrected chi connectivity index (χ2v) is 4.67. The summed E-state index contributed by atoms with van der Waals surface area (Å²) in [5.41, 5.74) is 9.01. The van der Waals surface area contributed by atoms with Crippen molar-refractivity contribution < 1.29 is 14.7 Å². The number of benzene rings is 1. The van der Waals surface area contributed by atoms with Crippen LogP contribution in [0.25, 0.3) is 10.4 Å². The lowest BCUT2D eigenvalue weighted by atomic mass is 10.1. The fourth-order valence-electron chi connectivity index (χ4n) is 2.20. The molecule has 0 aromatic heterocycles. The molecule has 0 unspecified atom stereocenters. The number of carbonyl (C=O) groups is 2. The number of piperidine rings is 1. The molecule has 1 heterocycles. The van der Waals surface area contributed by atoms with E-state index in [1.807, 2.05) is 0 Å². The van der Waals surface area contributed by atoms with Crippen LogP contribution in [0, 0.1) is 0 Å². The molecule has 0 saturated carbocycles. The Morgan fingerprint density at radius 3 is 2.24 bits per heavy atom. The Kier molecular flexibility index (Phi) is 4.76. The van der Waals surface area contributed by atoms with Crippen LogP contribution in [0.1, 0.15) is 40.0 Å². The first-order valence-corrected chi connectivity index (χ1v) is 6.61. The zero-order chi connectivity index (χ0) is 15.2. The van der Waals surface area contributed by atoms with Crippen molar-refractivity contribution in [2.24, 2.45) is 5.22 Å². The molecule has 1 aromatic rings. The maximum atomic E-state index is 12.4. The van der Waals surface area contributed by atoms with Crippen LogP contribution in [0.5, 0.6) is 0 Å². The van der Waals surface area contributed by atoms with E-state index in [4.69, 9.17) is 10.6 Å². The van der Waals surface area contributed by atoms with Crippen molar-refractivity contribution in [3.63, 3.8) is 0 Å². The SMILES string of the molecule is [N-]=[N+]=NN(C(=O)c1ccc(C(=O)O)cc1)N1CCCCC1. The first-order chi connectivity index (χ1) is 10.1. The molecule has 0 bridgehead atoms. The van der Waals surface area contributed by atoms with E-state index in [9.17, 15) is 9.59 Å². The average Bonchev–Trinajstić information content (AvgIpc) is 2.53. The summed E-state index contributed by atoms with van der Waals surface area (Å²) >= 11 is 0. The fourth-order valence-corrected chi connectivity index (χ4v) is 2.20. The minimum Gasteiger partial charge on any atom is -0.478 e. The molecule has 2 rings (SSSR count). The lowest BCUT2D eigenvalue weighted by molar-refractivity contribution is -0.0217. The van der Waals surface area contributed by atoms with Crippen LogP contribution in [0.3, 0.4) is 0 Å². The van der Waals surface area contributed by atoms with Gasteiger partial charge in [-0.2, -0.15) is 4.91 Å². The number of carboxylic acids is 1. The highest BCUT2D eigenvalue weighted by atomic mass is 16.4. The Bertz CT molecular complexity index is 574. The van der Waals surface area contributed by atoms with Gasteiger partial charge in [-0.1, -0.05) is 11.5 Å². The van der Waals surface area contributed by atoms with Gasteiger partial charge in [-0.05, 0) is 37.1 Å². The lowest BCUT2D eigenvalue weighted by Gasteiger charge is -2.28. The number of amides is 1. The van der Waals surface area contributed by atoms with Gasteiger partial charge in [0.1, 0.15) is 0 Å². The zero-order valence-electron chi connectivity index (χ0n) is 11.3. The number of hydrogen-bond donors (Lipinski definition) is 1. The van der Waals surface area contributed by atoms with Gasteiger partial charge in [-0.25, -0.2) is 9.59 Å². The van der Waals surface area contributed by atoms with Gasteiger partial charge >= 0.3 is 11.9 Å². The molecule has 0 aliphatic carbocycles. The zero-order valence-corrected chi connectivity index (χ0v) is 11.3. The van der Waals surface area contributed by atoms with Crippen molar-refractivity contribution in [2.45, 2.75) is 19.3 Å². The van der Waals surface area contributed by atoms with E-state index in [0.29, 0.717) is 13.1 Å². The third kappa shape index (κ3) is 3.50. The van der Waals surface area contributed by atoms with E-state index in [2.05, 4.69) is 10.1 Å². The maximum Gasteiger partial charge on any atom is 0.362 e. The average molecular weight is 289 g/mol. The summed E-state index contributed by atoms with van der Waals surface area (Å²) in [6.45, 7) is 1.30. The molecule has 1 aliphatic rings. The molecule has 21 heavy (non-hydrogen) atoms. The number of aromatic carboxylic acids is 1. The molecule has 8 nitrogen and oxygen atoms in total. The van der Waals surface area contributed by atoms with Crippen molar-refractivity contribution in [3.8, 4) is 0 Å². The smallest absolute Gasteiger partial charge is 0.362 e. The molecule has 1 N–H and O–H groups in total. The van der Waals surface area contributed by atoms with Gasteiger partial charge < -0.3 is 5.11 Å². The highest BCUT2D eigenvalue weighted by Gasteiger charge is 2.28. The van der Waals surface area contributed by atoms with E-state index in [-0.39, 0.29) is 11.1 Å². The molecule has 1 aromatic carbocycles. The van der Waals surface area contributed by atoms with E-state index < -0.39 is 11.9 Å². The van der Waals surface area contributed by atoms with Gasteiger partial charge in [0.05, 0.1) is 11.1 Å². The van der Waals surface area contributed by atoms with Crippen LogP contribution in [0.15, 0.2) is 29.5 Å². The Hall–Kier alpha value is -2.57. The summed E-state index contributed by atoms with van der Waals surface area (Å²) in [6.07, 6.45) is 2.95. The van der Waals surface area contributed by atoms with Crippen molar-refractivity contribution in [1.29, 1.82) is 0 Å². The van der Waals surface area contributed by atoms with Crippen LogP contribution in [0.2, 0.25) is 0 Å². The van der Waals surface area contributed by atoms with Gasteiger partial charge in [0.15, 0.2) is 0 Å².